The molecule has 1 fully saturated rings. The number of carboxylic acid groups (broad SMARTS) is 1. The molecule has 7 heteroatoms. The molecule has 1 aromatic carbocycles. The lowest BCUT2D eigenvalue weighted by atomic mass is 10.1. The van der Waals surface area contributed by atoms with Crippen LogP contribution in [0, 0.1) is 0 Å². The maximum absolute atomic E-state index is 12.2. The molecule has 1 atom stereocenters. The highest BCUT2D eigenvalue weighted by molar-refractivity contribution is 7.90. The molecule has 0 bridgehead atoms. The number of rotatable bonds is 5. The third kappa shape index (κ3) is 3.56. The van der Waals surface area contributed by atoms with Crippen molar-refractivity contribution in [1.29, 1.82) is 0 Å². The van der Waals surface area contributed by atoms with Crippen molar-refractivity contribution >= 4 is 16.0 Å². The molecule has 6 nitrogen and oxygen atoms in total. The Bertz CT molecular complexity index is 551. The Morgan fingerprint density at radius 3 is 2.40 bits per heavy atom. The highest BCUT2D eigenvalue weighted by Crippen LogP contribution is 2.20. The summed E-state index contributed by atoms with van der Waals surface area (Å²) in [5, 5.41) is 8.64. The van der Waals surface area contributed by atoms with E-state index in [2.05, 4.69) is 4.72 Å². The Morgan fingerprint density at radius 1 is 1.25 bits per heavy atom. The smallest absolute Gasteiger partial charge is 0.326 e. The van der Waals surface area contributed by atoms with E-state index in [1.165, 1.54) is 0 Å². The summed E-state index contributed by atoms with van der Waals surface area (Å²) in [6.45, 7) is 0.767. The van der Waals surface area contributed by atoms with Gasteiger partial charge in [0.05, 0.1) is 5.25 Å². The van der Waals surface area contributed by atoms with Gasteiger partial charge in [0.2, 0.25) is 10.0 Å². The maximum atomic E-state index is 12.2. The number of hydrogen-bond donors (Lipinski definition) is 2. The molecular weight excluding hydrogens is 282 g/mol. The van der Waals surface area contributed by atoms with Gasteiger partial charge in [0.25, 0.3) is 0 Å². The van der Waals surface area contributed by atoms with Crippen molar-refractivity contribution in [2.24, 2.45) is 0 Å². The average Bonchev–Trinajstić information content (AvgIpc) is 2.46. The van der Waals surface area contributed by atoms with Gasteiger partial charge in [-0.3, -0.25) is 4.79 Å². The first-order valence-corrected chi connectivity index (χ1v) is 7.92. The number of hydrogen-bond acceptors (Lipinski definition) is 4. The van der Waals surface area contributed by atoms with Crippen LogP contribution >= 0.6 is 0 Å². The quantitative estimate of drug-likeness (QED) is 0.843. The van der Waals surface area contributed by atoms with Crippen LogP contribution in [0.25, 0.3) is 0 Å². The van der Waals surface area contributed by atoms with Gasteiger partial charge in [0.1, 0.15) is 6.04 Å². The van der Waals surface area contributed by atoms with Crippen molar-refractivity contribution < 1.29 is 23.1 Å². The maximum Gasteiger partial charge on any atom is 0.326 e. The minimum atomic E-state index is -3.69. The first-order valence-electron chi connectivity index (χ1n) is 6.37. The van der Waals surface area contributed by atoms with E-state index in [1.807, 2.05) is 0 Å². The van der Waals surface area contributed by atoms with E-state index in [-0.39, 0.29) is 0 Å². The number of sulfonamides is 1. The average molecular weight is 299 g/mol. The number of carboxylic acids is 1. The molecule has 1 aliphatic heterocycles. The van der Waals surface area contributed by atoms with E-state index < -0.39 is 27.3 Å². The third-order valence-corrected chi connectivity index (χ3v) is 5.18. The topological polar surface area (TPSA) is 92.7 Å². The minimum absolute atomic E-state index is 0.384. The molecule has 0 saturated carbocycles. The zero-order chi connectivity index (χ0) is 14.6. The van der Waals surface area contributed by atoms with Crippen LogP contribution < -0.4 is 4.72 Å². The minimum Gasteiger partial charge on any atom is -0.480 e. The fourth-order valence-electron chi connectivity index (χ4n) is 2.15. The molecule has 0 spiro atoms. The number of nitrogens with one attached hydrogen (secondary N) is 1. The second-order valence-electron chi connectivity index (χ2n) is 4.66. The largest absolute Gasteiger partial charge is 0.480 e. The zero-order valence-corrected chi connectivity index (χ0v) is 11.7. The number of ether oxygens (including phenoxy) is 1. The van der Waals surface area contributed by atoms with Gasteiger partial charge in [-0.05, 0) is 18.4 Å². The van der Waals surface area contributed by atoms with Crippen molar-refractivity contribution in [3.63, 3.8) is 0 Å². The van der Waals surface area contributed by atoms with E-state index in [0.717, 1.165) is 0 Å². The van der Waals surface area contributed by atoms with Gasteiger partial charge in [-0.25, -0.2) is 8.42 Å². The first-order chi connectivity index (χ1) is 9.50. The predicted molar refractivity (Wildman–Crippen MR) is 72.7 cm³/mol. The fraction of sp³-hybridized carbons (Fsp3) is 0.462. The second kappa shape index (κ2) is 6.34. The molecule has 0 aromatic heterocycles. The molecule has 1 aliphatic rings. The van der Waals surface area contributed by atoms with Gasteiger partial charge in [-0.1, -0.05) is 30.3 Å². The molecule has 0 aliphatic carbocycles. The van der Waals surface area contributed by atoms with E-state index in [4.69, 9.17) is 4.74 Å². The Balaban J connectivity index is 2.18. The first kappa shape index (κ1) is 15.0. The number of benzene rings is 1. The fourth-order valence-corrected chi connectivity index (χ4v) is 3.72. The summed E-state index contributed by atoms with van der Waals surface area (Å²) in [6.07, 6.45) is 0.771. The van der Waals surface area contributed by atoms with Gasteiger partial charge in [0, 0.05) is 13.2 Å². The Morgan fingerprint density at radius 2 is 1.85 bits per heavy atom. The molecular formula is C13H17NO5S. The van der Waals surface area contributed by atoms with Crippen molar-refractivity contribution in [1.82, 2.24) is 4.72 Å². The van der Waals surface area contributed by atoms with Crippen molar-refractivity contribution in [3.05, 3.63) is 35.9 Å². The van der Waals surface area contributed by atoms with Gasteiger partial charge >= 0.3 is 5.97 Å². The van der Waals surface area contributed by atoms with E-state index in [1.54, 1.807) is 30.3 Å². The van der Waals surface area contributed by atoms with Crippen LogP contribution in [0.3, 0.4) is 0 Å². The van der Waals surface area contributed by atoms with Crippen molar-refractivity contribution in [3.8, 4) is 0 Å². The van der Waals surface area contributed by atoms with Crippen LogP contribution in [0.5, 0.6) is 0 Å². The van der Waals surface area contributed by atoms with Crippen LogP contribution in [-0.4, -0.2) is 38.0 Å². The molecule has 1 saturated heterocycles. The summed E-state index contributed by atoms with van der Waals surface area (Å²) >= 11 is 0. The summed E-state index contributed by atoms with van der Waals surface area (Å²) in [5.41, 5.74) is 0.413. The second-order valence-corrected chi connectivity index (χ2v) is 6.65. The standard InChI is InChI=1S/C13H17NO5S/c15-13(16)12(10-4-2-1-3-5-10)14-20(17,18)11-6-8-19-9-7-11/h1-5,11-12,14H,6-9H2,(H,15,16)/t12-/m1/s1. The Hall–Kier alpha value is -1.44. The lowest BCUT2D eigenvalue weighted by Crippen LogP contribution is -2.42. The van der Waals surface area contributed by atoms with Crippen LogP contribution in [0.2, 0.25) is 0 Å². The number of carbonyl (C=O) groups is 1. The molecule has 0 amide bonds. The van der Waals surface area contributed by atoms with Gasteiger partial charge in [-0.15, -0.1) is 0 Å². The molecule has 20 heavy (non-hydrogen) atoms. The molecule has 0 unspecified atom stereocenters. The molecule has 1 aromatic rings. The van der Waals surface area contributed by atoms with Gasteiger partial charge in [-0.2, -0.15) is 4.72 Å². The monoisotopic (exact) mass is 299 g/mol. The normalized spacial score (nSPS) is 18.6. The SMILES string of the molecule is O=C(O)[C@H](NS(=O)(=O)C1CCOCC1)c1ccccc1. The molecule has 0 radical (unpaired) electrons. The van der Waals surface area contributed by atoms with E-state index >= 15 is 0 Å². The molecule has 2 rings (SSSR count). The lowest BCUT2D eigenvalue weighted by Gasteiger charge is -2.24. The van der Waals surface area contributed by atoms with E-state index in [9.17, 15) is 18.3 Å². The number of aliphatic carboxylic acids is 1. The summed E-state index contributed by atoms with van der Waals surface area (Å²) in [5.74, 6) is -1.22. The Labute approximate surface area is 117 Å². The van der Waals surface area contributed by atoms with Crippen molar-refractivity contribution in [2.75, 3.05) is 13.2 Å². The lowest BCUT2D eigenvalue weighted by molar-refractivity contribution is -0.139. The highest BCUT2D eigenvalue weighted by atomic mass is 32.2. The highest BCUT2D eigenvalue weighted by Gasteiger charge is 2.32. The van der Waals surface area contributed by atoms with Crippen LogP contribution in [0.15, 0.2) is 30.3 Å². The summed E-state index contributed by atoms with van der Waals surface area (Å²) in [7, 11) is -3.69. The van der Waals surface area contributed by atoms with Gasteiger partial charge in [0.15, 0.2) is 0 Å². The summed E-state index contributed by atoms with van der Waals surface area (Å²) in [6, 6.07) is 7.01. The molecule has 110 valence electrons. The van der Waals surface area contributed by atoms with Crippen LogP contribution in [0.1, 0.15) is 24.4 Å². The molecule has 1 heterocycles. The Kier molecular flexibility index (Phi) is 4.74. The predicted octanol–water partition coefficient (Wildman–Crippen LogP) is 0.911. The summed E-state index contributed by atoms with van der Waals surface area (Å²) < 4.78 is 31.9. The van der Waals surface area contributed by atoms with Crippen molar-refractivity contribution in [2.45, 2.75) is 24.1 Å². The van der Waals surface area contributed by atoms with Crippen LogP contribution in [0.4, 0.5) is 0 Å². The van der Waals surface area contributed by atoms with Gasteiger partial charge < -0.3 is 9.84 Å². The summed E-state index contributed by atoms with van der Waals surface area (Å²) in [4.78, 5) is 11.3. The van der Waals surface area contributed by atoms with E-state index in [0.29, 0.717) is 31.6 Å². The third-order valence-electron chi connectivity index (χ3n) is 3.27. The van der Waals surface area contributed by atoms with Crippen LogP contribution in [-0.2, 0) is 19.6 Å². The molecule has 2 N–H and O–H groups in total. The zero-order valence-electron chi connectivity index (χ0n) is 10.9.